The lowest BCUT2D eigenvalue weighted by atomic mass is 10.2. The summed E-state index contributed by atoms with van der Waals surface area (Å²) >= 11 is 0. The summed E-state index contributed by atoms with van der Waals surface area (Å²) in [7, 11) is 1.34. The molecular weight excluding hydrogens is 206 g/mol. The molecule has 0 radical (unpaired) electrons. The second-order valence-corrected chi connectivity index (χ2v) is 3.82. The molecule has 16 heavy (non-hydrogen) atoms. The van der Waals surface area contributed by atoms with Gasteiger partial charge in [0, 0.05) is 13.1 Å². The molecule has 0 aliphatic carbocycles. The van der Waals surface area contributed by atoms with E-state index >= 15 is 0 Å². The Hall–Kier alpha value is -1.78. The predicted octanol–water partition coefficient (Wildman–Crippen LogP) is 1.05. The Labute approximate surface area is 94.2 Å². The molecule has 2 heterocycles. The van der Waals surface area contributed by atoms with Crippen molar-refractivity contribution in [2.75, 3.05) is 30.8 Å². The number of hydrogen-bond acceptors (Lipinski definition) is 5. The van der Waals surface area contributed by atoms with Gasteiger partial charge in [-0.2, -0.15) is 0 Å². The molecule has 1 saturated heterocycles. The van der Waals surface area contributed by atoms with Gasteiger partial charge in [0.25, 0.3) is 0 Å². The van der Waals surface area contributed by atoms with Crippen molar-refractivity contribution in [1.29, 1.82) is 0 Å². The monoisotopic (exact) mass is 221 g/mol. The van der Waals surface area contributed by atoms with Crippen molar-refractivity contribution in [1.82, 2.24) is 4.98 Å². The molecule has 5 nitrogen and oxygen atoms in total. The molecule has 2 rings (SSSR count). The van der Waals surface area contributed by atoms with Crippen LogP contribution in [0.5, 0.6) is 0 Å². The molecule has 0 spiro atoms. The van der Waals surface area contributed by atoms with E-state index in [1.807, 2.05) is 0 Å². The molecular formula is C11H15N3O2. The Morgan fingerprint density at radius 3 is 2.81 bits per heavy atom. The smallest absolute Gasteiger partial charge is 0.340 e. The average molecular weight is 221 g/mol. The number of carbonyl (C=O) groups is 1. The zero-order chi connectivity index (χ0) is 11.5. The van der Waals surface area contributed by atoms with Gasteiger partial charge in [0.1, 0.15) is 5.82 Å². The van der Waals surface area contributed by atoms with Crippen LogP contribution in [-0.2, 0) is 4.74 Å². The molecule has 0 saturated carbocycles. The second-order valence-electron chi connectivity index (χ2n) is 3.82. The normalized spacial score (nSPS) is 15.2. The van der Waals surface area contributed by atoms with Crippen LogP contribution in [0.15, 0.2) is 12.3 Å². The van der Waals surface area contributed by atoms with Crippen LogP contribution in [0.3, 0.4) is 0 Å². The molecule has 1 aromatic rings. The number of nitrogens with two attached hydrogens (primary N) is 1. The first-order valence-electron chi connectivity index (χ1n) is 5.31. The zero-order valence-corrected chi connectivity index (χ0v) is 9.27. The minimum absolute atomic E-state index is 0.356. The van der Waals surface area contributed by atoms with Crippen molar-refractivity contribution in [2.45, 2.75) is 12.8 Å². The Kier molecular flexibility index (Phi) is 2.94. The zero-order valence-electron chi connectivity index (χ0n) is 9.27. The first-order valence-corrected chi connectivity index (χ1v) is 5.31. The third-order valence-electron chi connectivity index (χ3n) is 2.76. The van der Waals surface area contributed by atoms with Crippen LogP contribution in [0, 0.1) is 0 Å². The summed E-state index contributed by atoms with van der Waals surface area (Å²) in [6.07, 6.45) is 3.85. The fraction of sp³-hybridized carbons (Fsp3) is 0.455. The van der Waals surface area contributed by atoms with E-state index in [9.17, 15) is 4.79 Å². The van der Waals surface area contributed by atoms with E-state index in [1.54, 1.807) is 6.07 Å². The first kappa shape index (κ1) is 10.7. The maximum atomic E-state index is 11.5. The van der Waals surface area contributed by atoms with Crippen molar-refractivity contribution < 1.29 is 9.53 Å². The Bertz CT molecular complexity index is 400. The highest BCUT2D eigenvalue weighted by Gasteiger charge is 2.17. The van der Waals surface area contributed by atoms with Gasteiger partial charge in [-0.05, 0) is 18.9 Å². The van der Waals surface area contributed by atoms with Gasteiger partial charge >= 0.3 is 5.97 Å². The summed E-state index contributed by atoms with van der Waals surface area (Å²) in [5.74, 6) is 0.382. The molecule has 0 unspecified atom stereocenters. The molecule has 2 N–H and O–H groups in total. The van der Waals surface area contributed by atoms with E-state index in [0.29, 0.717) is 11.3 Å². The number of ether oxygens (including phenoxy) is 1. The lowest BCUT2D eigenvalue weighted by Gasteiger charge is -2.17. The molecule has 0 amide bonds. The van der Waals surface area contributed by atoms with Gasteiger partial charge in [0.15, 0.2) is 0 Å². The van der Waals surface area contributed by atoms with Crippen LogP contribution in [0.2, 0.25) is 0 Å². The van der Waals surface area contributed by atoms with Crippen molar-refractivity contribution in [2.24, 2.45) is 0 Å². The van der Waals surface area contributed by atoms with Crippen LogP contribution < -0.4 is 10.6 Å². The number of anilines is 2. The standard InChI is InChI=1S/C11H15N3O2/c1-16-11(15)8-6-10(13-7-9(8)12)14-4-2-3-5-14/h6-7H,2-5,12H2,1H3. The van der Waals surface area contributed by atoms with Crippen LogP contribution in [0.4, 0.5) is 11.5 Å². The number of nitrogens with zero attached hydrogens (tertiary/aromatic N) is 2. The van der Waals surface area contributed by atoms with E-state index in [2.05, 4.69) is 14.6 Å². The summed E-state index contributed by atoms with van der Waals surface area (Å²) in [4.78, 5) is 17.8. The summed E-state index contributed by atoms with van der Waals surface area (Å²) in [6, 6.07) is 1.70. The van der Waals surface area contributed by atoms with E-state index in [4.69, 9.17) is 5.73 Å². The molecule has 0 atom stereocenters. The highest BCUT2D eigenvalue weighted by Crippen LogP contribution is 2.22. The quantitative estimate of drug-likeness (QED) is 0.756. The number of rotatable bonds is 2. The predicted molar refractivity (Wildman–Crippen MR) is 61.4 cm³/mol. The summed E-state index contributed by atoms with van der Waals surface area (Å²) < 4.78 is 4.67. The molecule has 0 bridgehead atoms. The lowest BCUT2D eigenvalue weighted by molar-refractivity contribution is 0.0602. The van der Waals surface area contributed by atoms with Gasteiger partial charge < -0.3 is 15.4 Å². The number of hydrogen-bond donors (Lipinski definition) is 1. The van der Waals surface area contributed by atoms with Crippen molar-refractivity contribution in [3.8, 4) is 0 Å². The lowest BCUT2D eigenvalue weighted by Crippen LogP contribution is -2.20. The molecule has 5 heteroatoms. The van der Waals surface area contributed by atoms with Gasteiger partial charge in [0.05, 0.1) is 24.6 Å². The SMILES string of the molecule is COC(=O)c1cc(N2CCCC2)ncc1N. The van der Waals surface area contributed by atoms with Crippen LogP contribution in [-0.4, -0.2) is 31.2 Å². The van der Waals surface area contributed by atoms with Gasteiger partial charge in [-0.3, -0.25) is 0 Å². The number of nitrogen functional groups attached to an aromatic ring is 1. The Morgan fingerprint density at radius 1 is 1.50 bits per heavy atom. The fourth-order valence-corrected chi connectivity index (χ4v) is 1.86. The minimum Gasteiger partial charge on any atom is -0.465 e. The van der Waals surface area contributed by atoms with E-state index in [1.165, 1.54) is 26.1 Å². The van der Waals surface area contributed by atoms with Gasteiger partial charge in [-0.25, -0.2) is 9.78 Å². The van der Waals surface area contributed by atoms with Crippen molar-refractivity contribution >= 4 is 17.5 Å². The fourth-order valence-electron chi connectivity index (χ4n) is 1.86. The van der Waals surface area contributed by atoms with E-state index in [-0.39, 0.29) is 0 Å². The summed E-state index contributed by atoms with van der Waals surface area (Å²) in [5, 5.41) is 0. The summed E-state index contributed by atoms with van der Waals surface area (Å²) in [5.41, 5.74) is 6.43. The van der Waals surface area contributed by atoms with Crippen LogP contribution in [0.1, 0.15) is 23.2 Å². The average Bonchev–Trinajstić information content (AvgIpc) is 2.82. The number of pyridine rings is 1. The largest absolute Gasteiger partial charge is 0.465 e. The van der Waals surface area contributed by atoms with Crippen molar-refractivity contribution in [3.63, 3.8) is 0 Å². The highest BCUT2D eigenvalue weighted by atomic mass is 16.5. The number of aromatic nitrogens is 1. The Morgan fingerprint density at radius 2 is 2.19 bits per heavy atom. The molecule has 1 fully saturated rings. The van der Waals surface area contributed by atoms with E-state index in [0.717, 1.165) is 18.9 Å². The Balaban J connectivity index is 2.30. The number of carbonyl (C=O) groups excluding carboxylic acids is 1. The van der Waals surface area contributed by atoms with Gasteiger partial charge in [0.2, 0.25) is 0 Å². The first-order chi connectivity index (χ1) is 7.72. The maximum Gasteiger partial charge on any atom is 0.340 e. The third kappa shape index (κ3) is 1.93. The van der Waals surface area contributed by atoms with Gasteiger partial charge in [-0.15, -0.1) is 0 Å². The molecule has 1 aromatic heterocycles. The van der Waals surface area contributed by atoms with Crippen molar-refractivity contribution in [3.05, 3.63) is 17.8 Å². The van der Waals surface area contributed by atoms with Crippen LogP contribution in [0.25, 0.3) is 0 Å². The highest BCUT2D eigenvalue weighted by molar-refractivity contribution is 5.95. The molecule has 86 valence electrons. The van der Waals surface area contributed by atoms with Crippen LogP contribution >= 0.6 is 0 Å². The minimum atomic E-state index is -0.416. The third-order valence-corrected chi connectivity index (χ3v) is 2.76. The molecule has 0 aromatic carbocycles. The second kappa shape index (κ2) is 4.38. The maximum absolute atomic E-state index is 11.5. The van der Waals surface area contributed by atoms with E-state index < -0.39 is 5.97 Å². The number of esters is 1. The number of methoxy groups -OCH3 is 1. The molecule has 1 aliphatic rings. The molecule has 1 aliphatic heterocycles. The topological polar surface area (TPSA) is 68.5 Å². The summed E-state index contributed by atoms with van der Waals surface area (Å²) in [6.45, 7) is 1.97. The van der Waals surface area contributed by atoms with Gasteiger partial charge in [-0.1, -0.05) is 0 Å².